The highest BCUT2D eigenvalue weighted by molar-refractivity contribution is 5.86. The molecule has 0 aromatic carbocycles. The predicted octanol–water partition coefficient (Wildman–Crippen LogP) is 3.47. The average Bonchev–Trinajstić information content (AvgIpc) is 2.67. The largest absolute Gasteiger partial charge is 0.444 e. The molecule has 1 N–H and O–H groups in total. The van der Waals surface area contributed by atoms with Gasteiger partial charge in [-0.3, -0.25) is 10.3 Å². The van der Waals surface area contributed by atoms with Crippen molar-refractivity contribution in [3.63, 3.8) is 0 Å². The quantitative estimate of drug-likeness (QED) is 0.939. The van der Waals surface area contributed by atoms with Crippen LogP contribution >= 0.6 is 12.4 Å². The molecule has 0 spiro atoms. The number of ether oxygens (including phenoxy) is 1. The summed E-state index contributed by atoms with van der Waals surface area (Å²) in [5, 5.41) is 6.38. The normalized spacial score (nSPS) is 9.90. The number of rotatable bonds is 3. The van der Waals surface area contributed by atoms with Crippen LogP contribution in [-0.2, 0) is 11.3 Å². The lowest BCUT2D eigenvalue weighted by molar-refractivity contribution is 0.155. The van der Waals surface area contributed by atoms with Crippen molar-refractivity contribution in [1.82, 2.24) is 10.1 Å². The van der Waals surface area contributed by atoms with Crippen molar-refractivity contribution in [2.24, 2.45) is 0 Å². The van der Waals surface area contributed by atoms with Gasteiger partial charge in [-0.05, 0) is 45.4 Å². The van der Waals surface area contributed by atoms with E-state index in [0.717, 1.165) is 17.0 Å². The monoisotopic (exact) mass is 311 g/mol. The van der Waals surface area contributed by atoms with Crippen LogP contribution in [0.2, 0.25) is 0 Å². The van der Waals surface area contributed by atoms with Gasteiger partial charge in [-0.1, -0.05) is 5.16 Å². The van der Waals surface area contributed by atoms with Gasteiger partial charge in [0.2, 0.25) is 0 Å². The number of amides is 1. The van der Waals surface area contributed by atoms with Crippen molar-refractivity contribution in [3.05, 3.63) is 40.5 Å². The Kier molecular flexibility index (Phi) is 5.72. The highest BCUT2D eigenvalue weighted by Gasteiger charge is 2.13. The molecule has 2 heterocycles. The minimum atomic E-state index is -0.536. The second kappa shape index (κ2) is 7.08. The van der Waals surface area contributed by atoms with Crippen LogP contribution in [0.25, 0.3) is 0 Å². The smallest absolute Gasteiger partial charge is 0.412 e. The number of hydrogen-bond donors (Lipinski definition) is 1. The van der Waals surface area contributed by atoms with E-state index >= 15 is 0 Å². The zero-order valence-corrected chi connectivity index (χ0v) is 13.2. The summed E-state index contributed by atoms with van der Waals surface area (Å²) < 4.78 is 10.1. The van der Waals surface area contributed by atoms with Gasteiger partial charge in [-0.25, -0.2) is 4.79 Å². The van der Waals surface area contributed by atoms with Crippen molar-refractivity contribution >= 4 is 24.2 Å². The van der Waals surface area contributed by atoms with E-state index in [0.29, 0.717) is 17.1 Å². The third-order valence-corrected chi connectivity index (χ3v) is 2.77. The van der Waals surface area contributed by atoms with E-state index in [2.05, 4.69) is 15.5 Å². The van der Waals surface area contributed by atoms with Crippen molar-refractivity contribution in [1.29, 1.82) is 0 Å². The highest BCUT2D eigenvalue weighted by atomic mass is 35.5. The number of halogens is 1. The molecule has 7 heteroatoms. The molecule has 2 aromatic rings. The van der Waals surface area contributed by atoms with Gasteiger partial charge in [-0.2, -0.15) is 0 Å². The summed E-state index contributed by atoms with van der Waals surface area (Å²) in [7, 11) is 0. The minimum Gasteiger partial charge on any atom is -0.444 e. The SMILES string of the molecule is Cc1cc(COC(=O)Nc2c(C)noc2C)cc(C)n1.Cl. The molecular weight excluding hydrogens is 294 g/mol. The fourth-order valence-electron chi connectivity index (χ4n) is 1.95. The number of anilines is 1. The third-order valence-electron chi connectivity index (χ3n) is 2.77. The van der Waals surface area contributed by atoms with Crippen LogP contribution in [0, 0.1) is 27.7 Å². The first-order valence-corrected chi connectivity index (χ1v) is 6.26. The van der Waals surface area contributed by atoms with Gasteiger partial charge in [-0.15, -0.1) is 12.4 Å². The summed E-state index contributed by atoms with van der Waals surface area (Å²) in [6.07, 6.45) is -0.536. The molecule has 2 aromatic heterocycles. The standard InChI is InChI=1S/C14H17N3O3.ClH/c1-8-5-12(6-9(2)15-8)7-19-14(18)16-13-10(3)17-20-11(13)4;/h5-6H,7H2,1-4H3,(H,16,18);1H. The molecule has 2 rings (SSSR count). The maximum atomic E-state index is 11.7. The van der Waals surface area contributed by atoms with Crippen LogP contribution in [0.3, 0.4) is 0 Å². The molecular formula is C14H18ClN3O3. The number of hydrogen-bond acceptors (Lipinski definition) is 5. The molecule has 0 bridgehead atoms. The van der Waals surface area contributed by atoms with Crippen molar-refractivity contribution in [2.75, 3.05) is 5.32 Å². The van der Waals surface area contributed by atoms with Gasteiger partial charge in [0.25, 0.3) is 0 Å². The Balaban J connectivity index is 0.00000220. The molecule has 0 radical (unpaired) electrons. The lowest BCUT2D eigenvalue weighted by atomic mass is 10.2. The van der Waals surface area contributed by atoms with Crippen LogP contribution in [0.4, 0.5) is 10.5 Å². The number of aromatic nitrogens is 2. The van der Waals surface area contributed by atoms with E-state index < -0.39 is 6.09 Å². The Labute approximate surface area is 129 Å². The molecule has 0 fully saturated rings. The number of nitrogens with one attached hydrogen (secondary N) is 1. The van der Waals surface area contributed by atoms with E-state index in [1.165, 1.54) is 0 Å². The summed E-state index contributed by atoms with van der Waals surface area (Å²) in [4.78, 5) is 16.0. The molecule has 0 aliphatic carbocycles. The van der Waals surface area contributed by atoms with Gasteiger partial charge in [0.15, 0.2) is 5.76 Å². The Hall–Kier alpha value is -2.08. The Morgan fingerprint density at radius 3 is 2.38 bits per heavy atom. The second-order valence-electron chi connectivity index (χ2n) is 4.66. The number of nitrogens with zero attached hydrogens (tertiary/aromatic N) is 2. The van der Waals surface area contributed by atoms with Crippen molar-refractivity contribution < 1.29 is 14.1 Å². The predicted molar refractivity (Wildman–Crippen MR) is 80.7 cm³/mol. The lowest BCUT2D eigenvalue weighted by Crippen LogP contribution is -2.14. The van der Waals surface area contributed by atoms with Gasteiger partial charge < -0.3 is 9.26 Å². The van der Waals surface area contributed by atoms with E-state index in [1.54, 1.807) is 13.8 Å². The Morgan fingerprint density at radius 1 is 1.24 bits per heavy atom. The van der Waals surface area contributed by atoms with Crippen LogP contribution in [0.1, 0.15) is 28.4 Å². The summed E-state index contributed by atoms with van der Waals surface area (Å²) in [5.74, 6) is 0.551. The molecule has 0 unspecified atom stereocenters. The molecule has 0 aliphatic heterocycles. The fraction of sp³-hybridized carbons (Fsp3) is 0.357. The van der Waals surface area contributed by atoms with Crippen molar-refractivity contribution in [2.45, 2.75) is 34.3 Å². The van der Waals surface area contributed by atoms with Gasteiger partial charge in [0, 0.05) is 11.4 Å². The van der Waals surface area contributed by atoms with Crippen molar-refractivity contribution in [3.8, 4) is 0 Å². The number of aryl methyl sites for hydroxylation is 4. The molecule has 0 saturated carbocycles. The zero-order valence-electron chi connectivity index (χ0n) is 12.4. The molecule has 0 aliphatic rings. The topological polar surface area (TPSA) is 77.2 Å². The summed E-state index contributed by atoms with van der Waals surface area (Å²) >= 11 is 0. The highest BCUT2D eigenvalue weighted by Crippen LogP contribution is 2.18. The summed E-state index contributed by atoms with van der Waals surface area (Å²) in [6, 6.07) is 3.77. The summed E-state index contributed by atoms with van der Waals surface area (Å²) in [6.45, 7) is 7.48. The van der Waals surface area contributed by atoms with E-state index in [1.807, 2.05) is 26.0 Å². The molecule has 6 nitrogen and oxygen atoms in total. The van der Waals surface area contributed by atoms with Gasteiger partial charge >= 0.3 is 6.09 Å². The van der Waals surface area contributed by atoms with Gasteiger partial charge in [0.1, 0.15) is 18.0 Å². The maximum Gasteiger partial charge on any atom is 0.412 e. The maximum absolute atomic E-state index is 11.7. The van der Waals surface area contributed by atoms with Crippen LogP contribution in [0.5, 0.6) is 0 Å². The molecule has 1 amide bonds. The second-order valence-corrected chi connectivity index (χ2v) is 4.66. The minimum absolute atomic E-state index is 0. The first kappa shape index (κ1) is 17.0. The molecule has 21 heavy (non-hydrogen) atoms. The molecule has 0 saturated heterocycles. The first-order chi connectivity index (χ1) is 9.45. The third kappa shape index (κ3) is 4.46. The van der Waals surface area contributed by atoms with E-state index in [4.69, 9.17) is 9.26 Å². The first-order valence-electron chi connectivity index (χ1n) is 6.26. The zero-order chi connectivity index (χ0) is 14.7. The van der Waals surface area contributed by atoms with Crippen LogP contribution < -0.4 is 5.32 Å². The Bertz CT molecular complexity index is 601. The number of pyridine rings is 1. The fourth-order valence-corrected chi connectivity index (χ4v) is 1.95. The summed E-state index contributed by atoms with van der Waals surface area (Å²) in [5.41, 5.74) is 3.88. The number of carbonyl (C=O) groups excluding carboxylic acids is 1. The van der Waals surface area contributed by atoms with E-state index in [9.17, 15) is 4.79 Å². The Morgan fingerprint density at radius 2 is 1.86 bits per heavy atom. The number of carbonyl (C=O) groups is 1. The average molecular weight is 312 g/mol. The van der Waals surface area contributed by atoms with Crippen LogP contribution in [0.15, 0.2) is 16.7 Å². The van der Waals surface area contributed by atoms with Crippen LogP contribution in [-0.4, -0.2) is 16.2 Å². The van der Waals surface area contributed by atoms with E-state index in [-0.39, 0.29) is 19.0 Å². The molecule has 0 atom stereocenters. The molecule has 114 valence electrons. The lowest BCUT2D eigenvalue weighted by Gasteiger charge is -2.07. The van der Waals surface area contributed by atoms with Gasteiger partial charge in [0.05, 0.1) is 0 Å².